The summed E-state index contributed by atoms with van der Waals surface area (Å²) in [7, 11) is 0. The maximum absolute atomic E-state index is 11.4. The topological polar surface area (TPSA) is 66.6 Å². The molecule has 2 aliphatic rings. The van der Waals surface area contributed by atoms with Crippen molar-refractivity contribution < 1.29 is 14.4 Å². The SMILES string of the molecule is O=C(O)[C@@H]1C[C@H]2CCCC[C@H]2N1Cc1ccon1. The van der Waals surface area contributed by atoms with Crippen LogP contribution in [0.25, 0.3) is 0 Å². The van der Waals surface area contributed by atoms with Gasteiger partial charge in [-0.1, -0.05) is 18.0 Å². The second-order valence-electron chi connectivity index (χ2n) is 5.36. The lowest BCUT2D eigenvalue weighted by molar-refractivity contribution is -0.142. The van der Waals surface area contributed by atoms with Gasteiger partial charge in [-0.25, -0.2) is 0 Å². The monoisotopic (exact) mass is 250 g/mol. The van der Waals surface area contributed by atoms with Crippen LogP contribution in [0.4, 0.5) is 0 Å². The van der Waals surface area contributed by atoms with E-state index in [4.69, 9.17) is 4.52 Å². The summed E-state index contributed by atoms with van der Waals surface area (Å²) >= 11 is 0. The summed E-state index contributed by atoms with van der Waals surface area (Å²) in [6.07, 6.45) is 7.07. The highest BCUT2D eigenvalue weighted by molar-refractivity contribution is 5.74. The van der Waals surface area contributed by atoms with Crippen molar-refractivity contribution in [2.24, 2.45) is 5.92 Å². The summed E-state index contributed by atoms with van der Waals surface area (Å²) in [5, 5.41) is 13.3. The van der Waals surface area contributed by atoms with Gasteiger partial charge in [0.25, 0.3) is 0 Å². The predicted molar refractivity (Wildman–Crippen MR) is 63.8 cm³/mol. The van der Waals surface area contributed by atoms with E-state index in [1.54, 1.807) is 6.26 Å². The Morgan fingerprint density at radius 1 is 1.50 bits per heavy atom. The molecule has 5 heteroatoms. The minimum atomic E-state index is -0.701. The first-order valence-corrected chi connectivity index (χ1v) is 6.63. The van der Waals surface area contributed by atoms with E-state index >= 15 is 0 Å². The lowest BCUT2D eigenvalue weighted by atomic mass is 9.85. The molecule has 3 atom stereocenters. The van der Waals surface area contributed by atoms with Gasteiger partial charge in [0, 0.05) is 18.7 Å². The molecule has 0 amide bonds. The average Bonchev–Trinajstić information content (AvgIpc) is 2.98. The molecule has 98 valence electrons. The highest BCUT2D eigenvalue weighted by Gasteiger charge is 2.45. The molecule has 1 aromatic heterocycles. The Morgan fingerprint density at radius 2 is 2.33 bits per heavy atom. The molecule has 2 heterocycles. The van der Waals surface area contributed by atoms with Crippen molar-refractivity contribution >= 4 is 5.97 Å². The molecule has 0 spiro atoms. The summed E-state index contributed by atoms with van der Waals surface area (Å²) in [6, 6.07) is 1.88. The number of carboxylic acids is 1. The largest absolute Gasteiger partial charge is 0.480 e. The molecule has 0 unspecified atom stereocenters. The molecule has 3 rings (SSSR count). The summed E-state index contributed by atoms with van der Waals surface area (Å²) in [5.41, 5.74) is 0.826. The standard InChI is InChI=1S/C13H18N2O3/c16-13(17)12-7-9-3-1-2-4-11(9)15(12)8-10-5-6-18-14-10/h5-6,9,11-12H,1-4,7-8H2,(H,16,17)/t9-,11-,12+/m1/s1. The van der Waals surface area contributed by atoms with Crippen molar-refractivity contribution in [3.05, 3.63) is 18.0 Å². The van der Waals surface area contributed by atoms with Crippen LogP contribution < -0.4 is 0 Å². The van der Waals surface area contributed by atoms with Crippen LogP contribution in [0.2, 0.25) is 0 Å². The third-order valence-corrected chi connectivity index (χ3v) is 4.34. The lowest BCUT2D eigenvalue weighted by Gasteiger charge is -2.32. The number of aliphatic carboxylic acids is 1. The van der Waals surface area contributed by atoms with Crippen LogP contribution >= 0.6 is 0 Å². The first-order chi connectivity index (χ1) is 8.75. The van der Waals surface area contributed by atoms with Gasteiger partial charge in [-0.3, -0.25) is 9.69 Å². The highest BCUT2D eigenvalue weighted by Crippen LogP contribution is 2.40. The van der Waals surface area contributed by atoms with Crippen molar-refractivity contribution in [2.75, 3.05) is 0 Å². The minimum Gasteiger partial charge on any atom is -0.480 e. The Balaban J connectivity index is 1.80. The summed E-state index contributed by atoms with van der Waals surface area (Å²) < 4.78 is 4.83. The van der Waals surface area contributed by atoms with E-state index in [0.29, 0.717) is 18.5 Å². The Labute approximate surface area is 106 Å². The van der Waals surface area contributed by atoms with Crippen molar-refractivity contribution in [3.8, 4) is 0 Å². The van der Waals surface area contributed by atoms with Crippen LogP contribution in [0.15, 0.2) is 16.9 Å². The number of hydrogen-bond acceptors (Lipinski definition) is 4. The second kappa shape index (κ2) is 4.72. The number of rotatable bonds is 3. The van der Waals surface area contributed by atoms with Crippen LogP contribution in [-0.4, -0.2) is 33.2 Å². The Hall–Kier alpha value is -1.36. The van der Waals surface area contributed by atoms with E-state index in [1.165, 1.54) is 19.3 Å². The highest BCUT2D eigenvalue weighted by atomic mass is 16.5. The van der Waals surface area contributed by atoms with E-state index in [9.17, 15) is 9.90 Å². The number of fused-ring (bicyclic) bond motifs is 1. The fraction of sp³-hybridized carbons (Fsp3) is 0.692. The van der Waals surface area contributed by atoms with E-state index in [1.807, 2.05) is 6.07 Å². The van der Waals surface area contributed by atoms with Crippen molar-refractivity contribution in [2.45, 2.75) is 50.7 Å². The Kier molecular flexibility index (Phi) is 3.07. The molecule has 1 aliphatic carbocycles. The number of aromatic nitrogens is 1. The van der Waals surface area contributed by atoms with E-state index in [2.05, 4.69) is 10.1 Å². The number of hydrogen-bond donors (Lipinski definition) is 1. The maximum atomic E-state index is 11.4. The van der Waals surface area contributed by atoms with Crippen molar-refractivity contribution in [3.63, 3.8) is 0 Å². The lowest BCUT2D eigenvalue weighted by Crippen LogP contribution is -2.41. The van der Waals surface area contributed by atoms with Crippen LogP contribution in [0.1, 0.15) is 37.8 Å². The fourth-order valence-corrected chi connectivity index (χ4v) is 3.53. The Bertz CT molecular complexity index is 418. The van der Waals surface area contributed by atoms with Crippen molar-refractivity contribution in [1.29, 1.82) is 0 Å². The van der Waals surface area contributed by atoms with Gasteiger partial charge < -0.3 is 9.63 Å². The third kappa shape index (κ3) is 2.03. The molecule has 1 aromatic rings. The molecule has 0 radical (unpaired) electrons. The van der Waals surface area contributed by atoms with Crippen molar-refractivity contribution in [1.82, 2.24) is 10.1 Å². The van der Waals surface area contributed by atoms with Gasteiger partial charge in [-0.15, -0.1) is 0 Å². The number of nitrogens with zero attached hydrogens (tertiary/aromatic N) is 2. The smallest absolute Gasteiger partial charge is 0.320 e. The van der Waals surface area contributed by atoms with E-state index in [0.717, 1.165) is 18.5 Å². The van der Waals surface area contributed by atoms with Gasteiger partial charge in [0.05, 0.1) is 5.69 Å². The summed E-state index contributed by atoms with van der Waals surface area (Å²) in [4.78, 5) is 13.5. The minimum absolute atomic E-state index is 0.352. The Morgan fingerprint density at radius 3 is 3.06 bits per heavy atom. The molecule has 5 nitrogen and oxygen atoms in total. The van der Waals surface area contributed by atoms with Crippen LogP contribution in [0, 0.1) is 5.92 Å². The molecule has 18 heavy (non-hydrogen) atoms. The molecular weight excluding hydrogens is 232 g/mol. The van der Waals surface area contributed by atoms with Gasteiger partial charge >= 0.3 is 5.97 Å². The molecule has 0 bridgehead atoms. The zero-order valence-electron chi connectivity index (χ0n) is 10.3. The summed E-state index contributed by atoms with van der Waals surface area (Å²) in [6.45, 7) is 0.592. The normalized spacial score (nSPS) is 32.3. The van der Waals surface area contributed by atoms with Gasteiger partial charge in [0.2, 0.25) is 0 Å². The second-order valence-corrected chi connectivity index (χ2v) is 5.36. The van der Waals surface area contributed by atoms with E-state index < -0.39 is 5.97 Å². The van der Waals surface area contributed by atoms with Gasteiger partial charge in [-0.2, -0.15) is 0 Å². The van der Waals surface area contributed by atoms with E-state index in [-0.39, 0.29) is 6.04 Å². The molecule has 2 fully saturated rings. The molecule has 0 aromatic carbocycles. The summed E-state index contributed by atoms with van der Waals surface area (Å²) in [5.74, 6) is -0.153. The van der Waals surface area contributed by atoms with Gasteiger partial charge in [0.15, 0.2) is 0 Å². The molecule has 1 aliphatic heterocycles. The predicted octanol–water partition coefficient (Wildman–Crippen LogP) is 1.89. The van der Waals surface area contributed by atoms with Crippen LogP contribution in [-0.2, 0) is 11.3 Å². The zero-order chi connectivity index (χ0) is 12.5. The first kappa shape index (κ1) is 11.7. The number of likely N-dealkylation sites (tertiary alicyclic amines) is 1. The zero-order valence-corrected chi connectivity index (χ0v) is 10.3. The molecule has 1 saturated carbocycles. The fourth-order valence-electron chi connectivity index (χ4n) is 3.53. The van der Waals surface area contributed by atoms with Crippen LogP contribution in [0.5, 0.6) is 0 Å². The molecular formula is C13H18N2O3. The van der Waals surface area contributed by atoms with Gasteiger partial charge in [0.1, 0.15) is 12.3 Å². The average molecular weight is 250 g/mol. The maximum Gasteiger partial charge on any atom is 0.320 e. The molecule has 1 N–H and O–H groups in total. The first-order valence-electron chi connectivity index (χ1n) is 6.63. The van der Waals surface area contributed by atoms with Gasteiger partial charge in [-0.05, 0) is 25.2 Å². The third-order valence-electron chi connectivity index (χ3n) is 4.34. The van der Waals surface area contributed by atoms with Crippen LogP contribution in [0.3, 0.4) is 0 Å². The quantitative estimate of drug-likeness (QED) is 0.887. The number of carbonyl (C=O) groups is 1. The molecule has 1 saturated heterocycles. The number of carboxylic acid groups (broad SMARTS) is 1.